The number of carbonyl (C=O) groups is 1. The van der Waals surface area contributed by atoms with E-state index < -0.39 is 0 Å². The maximum absolute atomic E-state index is 11.2. The van der Waals surface area contributed by atoms with Gasteiger partial charge in [0.05, 0.1) is 11.1 Å². The van der Waals surface area contributed by atoms with Crippen LogP contribution in [0.4, 0.5) is 0 Å². The quantitative estimate of drug-likeness (QED) is 0.793. The molecular weight excluding hydrogens is 238 g/mol. The molecule has 1 aliphatic carbocycles. The van der Waals surface area contributed by atoms with E-state index in [4.69, 9.17) is 4.98 Å². The molecule has 4 nitrogen and oxygen atoms in total. The van der Waals surface area contributed by atoms with Gasteiger partial charge in [-0.05, 0) is 26.7 Å². The van der Waals surface area contributed by atoms with Crippen LogP contribution in [0.25, 0.3) is 11.0 Å². The van der Waals surface area contributed by atoms with E-state index in [2.05, 4.69) is 11.9 Å². The highest BCUT2D eigenvalue weighted by molar-refractivity contribution is 5.97. The lowest BCUT2D eigenvalue weighted by atomic mass is 10.1. The zero-order valence-electron chi connectivity index (χ0n) is 11.5. The summed E-state index contributed by atoms with van der Waals surface area (Å²) in [5, 5.41) is 0.915. The summed E-state index contributed by atoms with van der Waals surface area (Å²) in [7, 11) is 0. The molecule has 0 saturated heterocycles. The topological polar surface area (TPSA) is 47.8 Å². The van der Waals surface area contributed by atoms with Gasteiger partial charge in [0, 0.05) is 24.2 Å². The summed E-state index contributed by atoms with van der Waals surface area (Å²) in [6.07, 6.45) is 7.73. The van der Waals surface area contributed by atoms with Crippen LogP contribution in [0.2, 0.25) is 0 Å². The number of aromatic nitrogens is 3. The van der Waals surface area contributed by atoms with E-state index in [1.807, 2.05) is 17.7 Å². The van der Waals surface area contributed by atoms with Gasteiger partial charge in [0.1, 0.15) is 11.5 Å². The fourth-order valence-electron chi connectivity index (χ4n) is 3.12. The fraction of sp³-hybridized carbons (Fsp3) is 0.533. The lowest BCUT2D eigenvalue weighted by Gasteiger charge is -2.10. The van der Waals surface area contributed by atoms with Crippen molar-refractivity contribution in [3.05, 3.63) is 23.3 Å². The van der Waals surface area contributed by atoms with Crippen molar-refractivity contribution in [2.45, 2.75) is 52.0 Å². The minimum atomic E-state index is 0.503. The van der Waals surface area contributed by atoms with Crippen molar-refractivity contribution in [3.63, 3.8) is 0 Å². The van der Waals surface area contributed by atoms with Gasteiger partial charge in [0.2, 0.25) is 0 Å². The van der Waals surface area contributed by atoms with E-state index in [0.29, 0.717) is 11.5 Å². The van der Waals surface area contributed by atoms with Crippen LogP contribution < -0.4 is 0 Å². The molecule has 0 atom stereocenters. The molecule has 0 radical (unpaired) electrons. The number of fused-ring (bicyclic) bond motifs is 1. The first kappa shape index (κ1) is 12.3. The molecule has 0 spiro atoms. The van der Waals surface area contributed by atoms with E-state index in [9.17, 15) is 4.79 Å². The predicted molar refractivity (Wildman–Crippen MR) is 74.5 cm³/mol. The highest BCUT2D eigenvalue weighted by Gasteiger charge is 2.22. The summed E-state index contributed by atoms with van der Waals surface area (Å²) >= 11 is 0. The monoisotopic (exact) mass is 257 g/mol. The molecule has 0 amide bonds. The molecule has 1 saturated carbocycles. The summed E-state index contributed by atoms with van der Waals surface area (Å²) in [4.78, 5) is 20.6. The molecule has 2 aromatic rings. The van der Waals surface area contributed by atoms with Crippen LogP contribution in [0, 0.1) is 6.92 Å². The van der Waals surface area contributed by atoms with E-state index in [1.54, 1.807) is 0 Å². The molecule has 0 N–H and O–H groups in total. The van der Waals surface area contributed by atoms with Gasteiger partial charge in [-0.15, -0.1) is 0 Å². The van der Waals surface area contributed by atoms with Crippen LogP contribution >= 0.6 is 0 Å². The van der Waals surface area contributed by atoms with E-state index in [1.165, 1.54) is 25.7 Å². The lowest BCUT2D eigenvalue weighted by Crippen LogP contribution is -2.05. The Kier molecular flexibility index (Phi) is 3.09. The second kappa shape index (κ2) is 4.76. The Bertz CT molecular complexity index is 624. The van der Waals surface area contributed by atoms with Crippen LogP contribution in [0.5, 0.6) is 0 Å². The summed E-state index contributed by atoms with van der Waals surface area (Å²) in [5.74, 6) is 1.47. The minimum absolute atomic E-state index is 0.503. The first-order valence-electron chi connectivity index (χ1n) is 7.07. The lowest BCUT2D eigenvalue weighted by molar-refractivity contribution is 0.112. The summed E-state index contributed by atoms with van der Waals surface area (Å²) < 4.78 is 2.05. The molecule has 4 heteroatoms. The number of aryl methyl sites for hydroxylation is 2. The summed E-state index contributed by atoms with van der Waals surface area (Å²) in [6, 6.07) is 0. The fourth-order valence-corrected chi connectivity index (χ4v) is 3.12. The molecule has 0 aliphatic heterocycles. The summed E-state index contributed by atoms with van der Waals surface area (Å²) in [6.45, 7) is 4.88. The van der Waals surface area contributed by atoms with Crippen LogP contribution in [-0.4, -0.2) is 20.8 Å². The zero-order chi connectivity index (χ0) is 13.4. The maximum atomic E-state index is 11.2. The van der Waals surface area contributed by atoms with E-state index in [-0.39, 0.29) is 0 Å². The zero-order valence-corrected chi connectivity index (χ0v) is 11.5. The third kappa shape index (κ3) is 1.95. The molecular formula is C15H19N3O. The van der Waals surface area contributed by atoms with Crippen molar-refractivity contribution >= 4 is 17.3 Å². The van der Waals surface area contributed by atoms with Gasteiger partial charge in [0.25, 0.3) is 0 Å². The Morgan fingerprint density at radius 3 is 2.74 bits per heavy atom. The van der Waals surface area contributed by atoms with E-state index in [0.717, 1.165) is 35.4 Å². The second-order valence-electron chi connectivity index (χ2n) is 5.34. The van der Waals surface area contributed by atoms with E-state index >= 15 is 0 Å². The van der Waals surface area contributed by atoms with Crippen LogP contribution in [0.3, 0.4) is 0 Å². The summed E-state index contributed by atoms with van der Waals surface area (Å²) in [5.41, 5.74) is 2.55. The third-order valence-corrected chi connectivity index (χ3v) is 4.13. The Morgan fingerprint density at radius 1 is 1.37 bits per heavy atom. The van der Waals surface area contributed by atoms with Gasteiger partial charge in [0.15, 0.2) is 6.29 Å². The van der Waals surface area contributed by atoms with Crippen LogP contribution in [-0.2, 0) is 6.54 Å². The largest absolute Gasteiger partial charge is 0.332 e. The first-order valence-corrected chi connectivity index (χ1v) is 7.07. The minimum Gasteiger partial charge on any atom is -0.332 e. The Balaban J connectivity index is 2.20. The van der Waals surface area contributed by atoms with Crippen molar-refractivity contribution in [1.29, 1.82) is 0 Å². The Hall–Kier alpha value is -1.71. The van der Waals surface area contributed by atoms with Gasteiger partial charge in [-0.3, -0.25) is 4.79 Å². The molecule has 2 aromatic heterocycles. The smallest absolute Gasteiger partial charge is 0.152 e. The number of aldehydes is 1. The maximum Gasteiger partial charge on any atom is 0.152 e. The van der Waals surface area contributed by atoms with Crippen molar-refractivity contribution < 1.29 is 4.79 Å². The average Bonchev–Trinajstić information content (AvgIpc) is 3.05. The number of rotatable bonds is 3. The molecule has 3 rings (SSSR count). The molecule has 2 heterocycles. The Labute approximate surface area is 112 Å². The number of hydrogen-bond acceptors (Lipinski definition) is 3. The van der Waals surface area contributed by atoms with Crippen LogP contribution in [0.15, 0.2) is 6.20 Å². The SMILES string of the molecule is CCn1cc(C=O)c2c(C)nc(C3CCCC3)nc21. The van der Waals surface area contributed by atoms with Gasteiger partial charge < -0.3 is 4.57 Å². The van der Waals surface area contributed by atoms with Crippen molar-refractivity contribution in [2.75, 3.05) is 0 Å². The number of hydrogen-bond donors (Lipinski definition) is 0. The molecule has 19 heavy (non-hydrogen) atoms. The molecule has 0 bridgehead atoms. The molecule has 0 aromatic carbocycles. The molecule has 1 fully saturated rings. The highest BCUT2D eigenvalue weighted by Crippen LogP contribution is 2.33. The van der Waals surface area contributed by atoms with Crippen molar-refractivity contribution in [2.24, 2.45) is 0 Å². The number of nitrogens with zero attached hydrogens (tertiary/aromatic N) is 3. The van der Waals surface area contributed by atoms with Gasteiger partial charge in [-0.1, -0.05) is 12.8 Å². The second-order valence-corrected chi connectivity index (χ2v) is 5.34. The third-order valence-electron chi connectivity index (χ3n) is 4.13. The van der Waals surface area contributed by atoms with Crippen molar-refractivity contribution in [3.8, 4) is 0 Å². The highest BCUT2D eigenvalue weighted by atomic mass is 16.1. The van der Waals surface area contributed by atoms with Gasteiger partial charge >= 0.3 is 0 Å². The van der Waals surface area contributed by atoms with Gasteiger partial charge in [-0.25, -0.2) is 9.97 Å². The molecule has 1 aliphatic rings. The Morgan fingerprint density at radius 2 is 2.11 bits per heavy atom. The average molecular weight is 257 g/mol. The predicted octanol–water partition coefficient (Wildman–Crippen LogP) is 3.23. The molecule has 0 unspecified atom stereocenters. The van der Waals surface area contributed by atoms with Crippen LogP contribution in [0.1, 0.15) is 60.4 Å². The van der Waals surface area contributed by atoms with Gasteiger partial charge in [-0.2, -0.15) is 0 Å². The molecule has 100 valence electrons. The first-order chi connectivity index (χ1) is 9.24. The normalized spacial score (nSPS) is 16.3. The number of carbonyl (C=O) groups excluding carboxylic acids is 1. The van der Waals surface area contributed by atoms with Crippen molar-refractivity contribution in [1.82, 2.24) is 14.5 Å². The standard InChI is InChI=1S/C15H19N3O/c1-3-18-8-12(9-19)13-10(2)16-14(17-15(13)18)11-6-4-5-7-11/h8-9,11H,3-7H2,1-2H3.